The number of rotatable bonds is 4. The molecule has 0 aliphatic carbocycles. The van der Waals surface area contributed by atoms with Crippen LogP contribution in [0.25, 0.3) is 10.2 Å². The van der Waals surface area contributed by atoms with Gasteiger partial charge in [0.25, 0.3) is 5.56 Å². The standard InChI is InChI=1S/C17H15BrN2O3S/c1-3-23-17(22)14-10(2)13-15(24-14)19-9-20(16(13)21)8-11-5-4-6-12(18)7-11/h4-7,9H,3,8H2,1-2H3. The van der Waals surface area contributed by atoms with Gasteiger partial charge in [-0.3, -0.25) is 9.36 Å². The summed E-state index contributed by atoms with van der Waals surface area (Å²) < 4.78 is 7.56. The van der Waals surface area contributed by atoms with Crippen molar-refractivity contribution in [3.8, 4) is 0 Å². The molecule has 0 spiro atoms. The molecule has 7 heteroatoms. The van der Waals surface area contributed by atoms with Gasteiger partial charge in [0.15, 0.2) is 0 Å². The summed E-state index contributed by atoms with van der Waals surface area (Å²) >= 11 is 4.62. The highest BCUT2D eigenvalue weighted by Crippen LogP contribution is 2.27. The van der Waals surface area contributed by atoms with E-state index in [2.05, 4.69) is 20.9 Å². The molecule has 0 aliphatic heterocycles. The number of thiophene rings is 1. The maximum atomic E-state index is 12.8. The summed E-state index contributed by atoms with van der Waals surface area (Å²) in [5, 5.41) is 0.487. The van der Waals surface area contributed by atoms with Gasteiger partial charge in [-0.25, -0.2) is 9.78 Å². The van der Waals surface area contributed by atoms with Crippen LogP contribution in [0.3, 0.4) is 0 Å². The quantitative estimate of drug-likeness (QED) is 0.618. The van der Waals surface area contributed by atoms with Crippen molar-refractivity contribution in [3.63, 3.8) is 0 Å². The van der Waals surface area contributed by atoms with E-state index in [-0.39, 0.29) is 5.56 Å². The van der Waals surface area contributed by atoms with Gasteiger partial charge in [-0.05, 0) is 37.1 Å². The van der Waals surface area contributed by atoms with Crippen molar-refractivity contribution in [1.29, 1.82) is 0 Å². The summed E-state index contributed by atoms with van der Waals surface area (Å²) in [4.78, 5) is 30.2. The first-order valence-corrected chi connectivity index (χ1v) is 9.02. The molecule has 0 amide bonds. The zero-order valence-electron chi connectivity index (χ0n) is 13.2. The van der Waals surface area contributed by atoms with Gasteiger partial charge in [0.2, 0.25) is 0 Å². The van der Waals surface area contributed by atoms with Crippen LogP contribution in [-0.2, 0) is 11.3 Å². The van der Waals surface area contributed by atoms with E-state index in [4.69, 9.17) is 4.74 Å². The minimum absolute atomic E-state index is 0.149. The van der Waals surface area contributed by atoms with Crippen LogP contribution in [0.5, 0.6) is 0 Å². The number of hydrogen-bond acceptors (Lipinski definition) is 5. The second-order valence-electron chi connectivity index (χ2n) is 5.26. The number of fused-ring (bicyclic) bond motifs is 1. The summed E-state index contributed by atoms with van der Waals surface area (Å²) in [7, 11) is 0. The fourth-order valence-electron chi connectivity index (χ4n) is 2.50. The van der Waals surface area contributed by atoms with Crippen LogP contribution in [0.15, 0.2) is 39.9 Å². The van der Waals surface area contributed by atoms with Gasteiger partial charge in [-0.15, -0.1) is 11.3 Å². The highest BCUT2D eigenvalue weighted by Gasteiger charge is 2.20. The molecule has 0 saturated carbocycles. The lowest BCUT2D eigenvalue weighted by Gasteiger charge is -2.06. The van der Waals surface area contributed by atoms with Gasteiger partial charge in [-0.1, -0.05) is 28.1 Å². The van der Waals surface area contributed by atoms with Crippen molar-refractivity contribution in [2.45, 2.75) is 20.4 Å². The van der Waals surface area contributed by atoms with Crippen LogP contribution in [0.2, 0.25) is 0 Å². The van der Waals surface area contributed by atoms with E-state index in [0.29, 0.717) is 33.8 Å². The average molecular weight is 407 g/mol. The molecule has 0 bridgehead atoms. The molecule has 0 aliphatic rings. The number of carbonyl (C=O) groups excluding carboxylic acids is 1. The normalized spacial score (nSPS) is 11.0. The zero-order chi connectivity index (χ0) is 17.3. The third-order valence-corrected chi connectivity index (χ3v) is 5.29. The van der Waals surface area contributed by atoms with E-state index in [1.54, 1.807) is 18.4 Å². The lowest BCUT2D eigenvalue weighted by Crippen LogP contribution is -2.21. The van der Waals surface area contributed by atoms with Gasteiger partial charge in [0.1, 0.15) is 9.71 Å². The summed E-state index contributed by atoms with van der Waals surface area (Å²) in [6, 6.07) is 7.76. The first-order chi connectivity index (χ1) is 11.5. The topological polar surface area (TPSA) is 61.2 Å². The van der Waals surface area contributed by atoms with Crippen LogP contribution in [-0.4, -0.2) is 22.1 Å². The molecule has 124 valence electrons. The van der Waals surface area contributed by atoms with E-state index in [0.717, 1.165) is 10.0 Å². The van der Waals surface area contributed by atoms with E-state index in [1.165, 1.54) is 17.7 Å². The first kappa shape index (κ1) is 16.9. The minimum Gasteiger partial charge on any atom is -0.462 e. The molecular weight excluding hydrogens is 392 g/mol. The monoisotopic (exact) mass is 406 g/mol. The number of ether oxygens (including phenoxy) is 1. The number of aromatic nitrogens is 2. The Labute approximate surface area is 151 Å². The Morgan fingerprint density at radius 3 is 2.92 bits per heavy atom. The molecule has 0 fully saturated rings. The largest absolute Gasteiger partial charge is 0.462 e. The van der Waals surface area contributed by atoms with Crippen LogP contribution >= 0.6 is 27.3 Å². The van der Waals surface area contributed by atoms with Gasteiger partial charge in [0, 0.05) is 4.47 Å². The fraction of sp³-hybridized carbons (Fsp3) is 0.235. The molecule has 2 aromatic heterocycles. The minimum atomic E-state index is -0.407. The third kappa shape index (κ3) is 3.14. The Morgan fingerprint density at radius 2 is 2.21 bits per heavy atom. The van der Waals surface area contributed by atoms with Crippen LogP contribution in [0.4, 0.5) is 0 Å². The molecule has 0 radical (unpaired) electrons. The van der Waals surface area contributed by atoms with E-state index in [1.807, 2.05) is 24.3 Å². The predicted octanol–water partition coefficient (Wildman–Crippen LogP) is 3.75. The van der Waals surface area contributed by atoms with Gasteiger partial charge < -0.3 is 4.74 Å². The van der Waals surface area contributed by atoms with E-state index < -0.39 is 5.97 Å². The molecule has 3 aromatic rings. The summed E-state index contributed by atoms with van der Waals surface area (Å²) in [6.07, 6.45) is 1.52. The molecule has 2 heterocycles. The fourth-order valence-corrected chi connectivity index (χ4v) is 3.97. The van der Waals surface area contributed by atoms with Crippen molar-refractivity contribution in [3.05, 3.63) is 61.4 Å². The number of nitrogens with zero attached hydrogens (tertiary/aromatic N) is 2. The molecule has 0 atom stereocenters. The van der Waals surface area contributed by atoms with Gasteiger partial charge in [0.05, 0.1) is 24.9 Å². The SMILES string of the molecule is CCOC(=O)c1sc2ncn(Cc3cccc(Br)c3)c(=O)c2c1C. The molecule has 0 unspecified atom stereocenters. The average Bonchev–Trinajstić information content (AvgIpc) is 2.88. The summed E-state index contributed by atoms with van der Waals surface area (Å²) in [5.74, 6) is -0.407. The number of hydrogen-bond donors (Lipinski definition) is 0. The van der Waals surface area contributed by atoms with Crippen molar-refractivity contribution in [2.24, 2.45) is 0 Å². The molecular formula is C17H15BrN2O3S. The predicted molar refractivity (Wildman–Crippen MR) is 97.8 cm³/mol. The second-order valence-corrected chi connectivity index (χ2v) is 7.18. The Balaban J connectivity index is 2.06. The Bertz CT molecular complexity index is 978. The third-order valence-electron chi connectivity index (χ3n) is 3.62. The van der Waals surface area contributed by atoms with E-state index >= 15 is 0 Å². The molecule has 24 heavy (non-hydrogen) atoms. The van der Waals surface area contributed by atoms with Crippen molar-refractivity contribution < 1.29 is 9.53 Å². The van der Waals surface area contributed by atoms with E-state index in [9.17, 15) is 9.59 Å². The Hall–Kier alpha value is -1.99. The first-order valence-electron chi connectivity index (χ1n) is 7.41. The number of aryl methyl sites for hydroxylation is 1. The Kier molecular flexibility index (Phi) is 4.82. The lowest BCUT2D eigenvalue weighted by molar-refractivity contribution is 0.0531. The van der Waals surface area contributed by atoms with Gasteiger partial charge >= 0.3 is 5.97 Å². The van der Waals surface area contributed by atoms with Crippen LogP contribution < -0.4 is 5.56 Å². The highest BCUT2D eigenvalue weighted by molar-refractivity contribution is 9.10. The molecule has 5 nitrogen and oxygen atoms in total. The van der Waals surface area contributed by atoms with Crippen molar-refractivity contribution >= 4 is 43.5 Å². The molecule has 0 saturated heterocycles. The smallest absolute Gasteiger partial charge is 0.348 e. The van der Waals surface area contributed by atoms with Crippen molar-refractivity contribution in [1.82, 2.24) is 9.55 Å². The summed E-state index contributed by atoms with van der Waals surface area (Å²) in [6.45, 7) is 4.24. The molecule has 3 rings (SSSR count). The number of esters is 1. The lowest BCUT2D eigenvalue weighted by atomic mass is 10.2. The second kappa shape index (κ2) is 6.86. The number of carbonyl (C=O) groups is 1. The highest BCUT2D eigenvalue weighted by atomic mass is 79.9. The molecule has 0 N–H and O–H groups in total. The molecule has 1 aromatic carbocycles. The van der Waals surface area contributed by atoms with Crippen molar-refractivity contribution in [2.75, 3.05) is 6.61 Å². The maximum Gasteiger partial charge on any atom is 0.348 e. The Morgan fingerprint density at radius 1 is 1.42 bits per heavy atom. The van der Waals surface area contributed by atoms with Crippen LogP contribution in [0.1, 0.15) is 27.7 Å². The summed E-state index contributed by atoms with van der Waals surface area (Å²) in [5.41, 5.74) is 1.48. The van der Waals surface area contributed by atoms with Gasteiger partial charge in [-0.2, -0.15) is 0 Å². The maximum absolute atomic E-state index is 12.8. The van der Waals surface area contributed by atoms with Crippen LogP contribution in [0, 0.1) is 6.92 Å². The number of halogens is 1. The number of benzene rings is 1. The zero-order valence-corrected chi connectivity index (χ0v) is 15.6.